The topological polar surface area (TPSA) is 96.4 Å². The molecule has 2 rings (SSSR count). The van der Waals surface area contributed by atoms with E-state index in [2.05, 4.69) is 9.71 Å². The Balaban J connectivity index is 2.30. The van der Waals surface area contributed by atoms with Crippen molar-refractivity contribution in [1.29, 1.82) is 0 Å². The van der Waals surface area contributed by atoms with E-state index in [1.165, 1.54) is 0 Å². The Hall–Kier alpha value is -1.54. The number of hydrogen-bond acceptors (Lipinski definition) is 4. The second-order valence-corrected chi connectivity index (χ2v) is 5.87. The van der Waals surface area contributed by atoms with Gasteiger partial charge >= 0.3 is 5.97 Å². The van der Waals surface area contributed by atoms with E-state index in [9.17, 15) is 17.6 Å². The van der Waals surface area contributed by atoms with Crippen molar-refractivity contribution >= 4 is 16.0 Å². The molecule has 0 radical (unpaired) electrons. The summed E-state index contributed by atoms with van der Waals surface area (Å²) in [5, 5.41) is 9.03. The molecule has 18 heavy (non-hydrogen) atoms. The Bertz CT molecular complexity index is 583. The Morgan fingerprint density at radius 3 is 2.56 bits per heavy atom. The lowest BCUT2D eigenvalue weighted by Gasteiger charge is -2.37. The first kappa shape index (κ1) is 12.9. The molecule has 8 heteroatoms. The van der Waals surface area contributed by atoms with E-state index in [-0.39, 0.29) is 17.7 Å². The average molecular weight is 274 g/mol. The Morgan fingerprint density at radius 2 is 2.11 bits per heavy atom. The van der Waals surface area contributed by atoms with Crippen LogP contribution >= 0.6 is 0 Å². The Labute approximate surface area is 103 Å². The lowest BCUT2D eigenvalue weighted by molar-refractivity contribution is -0.147. The van der Waals surface area contributed by atoms with Gasteiger partial charge in [0.25, 0.3) is 0 Å². The molecule has 1 aromatic rings. The van der Waals surface area contributed by atoms with Crippen LogP contribution in [0.1, 0.15) is 19.3 Å². The van der Waals surface area contributed by atoms with E-state index in [0.717, 1.165) is 18.5 Å². The monoisotopic (exact) mass is 274 g/mol. The molecule has 0 amide bonds. The number of hydrogen-bond donors (Lipinski definition) is 2. The third-order valence-electron chi connectivity index (χ3n) is 2.94. The van der Waals surface area contributed by atoms with Gasteiger partial charge in [-0.1, -0.05) is 0 Å². The number of nitrogens with one attached hydrogen (secondary N) is 1. The second-order valence-electron chi connectivity index (χ2n) is 4.19. The first-order valence-electron chi connectivity index (χ1n) is 5.24. The summed E-state index contributed by atoms with van der Waals surface area (Å²) >= 11 is 0. The van der Waals surface area contributed by atoms with Crippen LogP contribution in [0, 0.1) is 5.82 Å². The van der Waals surface area contributed by atoms with Gasteiger partial charge in [-0.3, -0.25) is 9.78 Å². The van der Waals surface area contributed by atoms with Crippen LogP contribution in [0.4, 0.5) is 4.39 Å². The van der Waals surface area contributed by atoms with Crippen molar-refractivity contribution in [3.63, 3.8) is 0 Å². The van der Waals surface area contributed by atoms with Gasteiger partial charge in [-0.05, 0) is 25.3 Å². The zero-order valence-electron chi connectivity index (χ0n) is 9.26. The van der Waals surface area contributed by atoms with E-state index in [0.29, 0.717) is 6.42 Å². The largest absolute Gasteiger partial charge is 0.480 e. The van der Waals surface area contributed by atoms with Gasteiger partial charge in [0.05, 0.1) is 6.20 Å². The summed E-state index contributed by atoms with van der Waals surface area (Å²) in [5.41, 5.74) is -1.47. The molecule has 0 aliphatic heterocycles. The smallest absolute Gasteiger partial charge is 0.324 e. The van der Waals surface area contributed by atoms with Crippen molar-refractivity contribution in [2.45, 2.75) is 29.7 Å². The molecule has 2 N–H and O–H groups in total. The van der Waals surface area contributed by atoms with Gasteiger partial charge < -0.3 is 5.11 Å². The first-order valence-corrected chi connectivity index (χ1v) is 6.72. The fourth-order valence-corrected chi connectivity index (χ4v) is 3.14. The predicted molar refractivity (Wildman–Crippen MR) is 58.7 cm³/mol. The molecule has 0 bridgehead atoms. The minimum absolute atomic E-state index is 0.226. The SMILES string of the molecule is O=C(O)C1(NS(=O)(=O)c2cncc(F)c2)CCC1. The quantitative estimate of drug-likeness (QED) is 0.833. The molecule has 1 aromatic heterocycles. The molecule has 0 saturated heterocycles. The molecule has 1 aliphatic carbocycles. The van der Waals surface area contributed by atoms with Crippen LogP contribution in [0.5, 0.6) is 0 Å². The molecule has 0 spiro atoms. The number of carboxylic acid groups (broad SMARTS) is 1. The van der Waals surface area contributed by atoms with Crippen molar-refractivity contribution in [3.8, 4) is 0 Å². The highest BCUT2D eigenvalue weighted by Gasteiger charge is 2.47. The van der Waals surface area contributed by atoms with E-state index in [1.807, 2.05) is 0 Å². The average Bonchev–Trinajstić information content (AvgIpc) is 2.23. The number of sulfonamides is 1. The molecule has 1 saturated carbocycles. The van der Waals surface area contributed by atoms with Crippen LogP contribution in [-0.2, 0) is 14.8 Å². The number of rotatable bonds is 4. The van der Waals surface area contributed by atoms with Gasteiger partial charge in [0.1, 0.15) is 16.3 Å². The van der Waals surface area contributed by atoms with Crippen LogP contribution in [0.15, 0.2) is 23.4 Å². The van der Waals surface area contributed by atoms with Crippen LogP contribution < -0.4 is 4.72 Å². The summed E-state index contributed by atoms with van der Waals surface area (Å²) in [6, 6.07) is 0.795. The van der Waals surface area contributed by atoms with E-state index < -0.39 is 27.3 Å². The van der Waals surface area contributed by atoms with Gasteiger partial charge in [-0.25, -0.2) is 12.8 Å². The summed E-state index contributed by atoms with van der Waals surface area (Å²) in [5.74, 6) is -2.02. The number of aromatic nitrogens is 1. The minimum Gasteiger partial charge on any atom is -0.480 e. The number of carbonyl (C=O) groups is 1. The van der Waals surface area contributed by atoms with Gasteiger partial charge in [0.15, 0.2) is 0 Å². The second kappa shape index (κ2) is 4.29. The summed E-state index contributed by atoms with van der Waals surface area (Å²) in [4.78, 5) is 14.1. The molecular weight excluding hydrogens is 263 g/mol. The highest BCUT2D eigenvalue weighted by molar-refractivity contribution is 7.89. The van der Waals surface area contributed by atoms with Crippen molar-refractivity contribution in [2.24, 2.45) is 0 Å². The molecule has 1 heterocycles. The maximum Gasteiger partial charge on any atom is 0.324 e. The molecule has 0 aromatic carbocycles. The molecule has 1 fully saturated rings. The summed E-state index contributed by atoms with van der Waals surface area (Å²) < 4.78 is 38.9. The van der Waals surface area contributed by atoms with Crippen LogP contribution in [0.25, 0.3) is 0 Å². The zero-order valence-corrected chi connectivity index (χ0v) is 10.1. The highest BCUT2D eigenvalue weighted by Crippen LogP contribution is 2.33. The zero-order chi connectivity index (χ0) is 13.4. The maximum absolute atomic E-state index is 12.9. The molecule has 98 valence electrons. The maximum atomic E-state index is 12.9. The molecular formula is C10H11FN2O4S. The normalized spacial score (nSPS) is 18.1. The number of pyridine rings is 1. The fourth-order valence-electron chi connectivity index (χ4n) is 1.75. The third kappa shape index (κ3) is 2.21. The first-order chi connectivity index (χ1) is 8.36. The van der Waals surface area contributed by atoms with Crippen molar-refractivity contribution in [3.05, 3.63) is 24.3 Å². The number of halogens is 1. The number of aliphatic carboxylic acids is 1. The summed E-state index contributed by atoms with van der Waals surface area (Å²) in [7, 11) is -4.08. The predicted octanol–water partition coefficient (Wildman–Crippen LogP) is 0.506. The van der Waals surface area contributed by atoms with E-state index >= 15 is 0 Å². The summed E-state index contributed by atoms with van der Waals surface area (Å²) in [6.07, 6.45) is 2.93. The van der Waals surface area contributed by atoms with Crippen LogP contribution in [0.2, 0.25) is 0 Å². The molecule has 0 unspecified atom stereocenters. The summed E-state index contributed by atoms with van der Waals surface area (Å²) in [6.45, 7) is 0. The third-order valence-corrected chi connectivity index (χ3v) is 4.44. The van der Waals surface area contributed by atoms with Crippen LogP contribution in [0.3, 0.4) is 0 Å². The lowest BCUT2D eigenvalue weighted by Crippen LogP contribution is -2.58. The number of carboxylic acids is 1. The Morgan fingerprint density at radius 1 is 1.44 bits per heavy atom. The standard InChI is InChI=1S/C10H11FN2O4S/c11-7-4-8(6-12-5-7)18(16,17)13-10(9(14)15)2-1-3-10/h4-6,13H,1-3H2,(H,14,15). The van der Waals surface area contributed by atoms with Crippen molar-refractivity contribution in [1.82, 2.24) is 9.71 Å². The minimum atomic E-state index is -4.08. The fraction of sp³-hybridized carbons (Fsp3) is 0.400. The van der Waals surface area contributed by atoms with Gasteiger partial charge in [0, 0.05) is 6.20 Å². The Kier molecular flexibility index (Phi) is 3.07. The van der Waals surface area contributed by atoms with E-state index in [4.69, 9.17) is 5.11 Å². The van der Waals surface area contributed by atoms with Crippen LogP contribution in [-0.4, -0.2) is 30.0 Å². The molecule has 6 nitrogen and oxygen atoms in total. The van der Waals surface area contributed by atoms with Gasteiger partial charge in [-0.15, -0.1) is 0 Å². The number of nitrogens with zero attached hydrogens (tertiary/aromatic N) is 1. The van der Waals surface area contributed by atoms with Crippen molar-refractivity contribution < 1.29 is 22.7 Å². The highest BCUT2D eigenvalue weighted by atomic mass is 32.2. The lowest BCUT2D eigenvalue weighted by atomic mass is 9.78. The van der Waals surface area contributed by atoms with Crippen molar-refractivity contribution in [2.75, 3.05) is 0 Å². The molecule has 1 aliphatic rings. The van der Waals surface area contributed by atoms with Gasteiger partial charge in [-0.2, -0.15) is 4.72 Å². The molecule has 0 atom stereocenters. The van der Waals surface area contributed by atoms with E-state index in [1.54, 1.807) is 0 Å². The van der Waals surface area contributed by atoms with Gasteiger partial charge in [0.2, 0.25) is 10.0 Å².